The van der Waals surface area contributed by atoms with Gasteiger partial charge in [-0.05, 0) is 18.3 Å². The van der Waals surface area contributed by atoms with Crippen molar-refractivity contribution >= 4 is 5.82 Å². The minimum absolute atomic E-state index is 0.315. The molecule has 1 rings (SSSR count). The standard InChI is InChI=1S/C15H27N3/c1-10(2)14-17-12(4)8-13(18-14)16-9-11(3)15(5,6)7/h8,10-11H,9H2,1-7H3,(H,16,17,18). The predicted octanol–water partition coefficient (Wildman–Crippen LogP) is 4.00. The molecule has 102 valence electrons. The van der Waals surface area contributed by atoms with Crippen molar-refractivity contribution in [2.75, 3.05) is 11.9 Å². The first-order valence-electron chi connectivity index (χ1n) is 6.79. The van der Waals surface area contributed by atoms with Crippen molar-refractivity contribution in [2.24, 2.45) is 11.3 Å². The fourth-order valence-electron chi connectivity index (χ4n) is 1.50. The molecule has 0 aromatic carbocycles. The van der Waals surface area contributed by atoms with Crippen LogP contribution in [-0.4, -0.2) is 16.5 Å². The number of anilines is 1. The van der Waals surface area contributed by atoms with Gasteiger partial charge in [-0.1, -0.05) is 41.5 Å². The first kappa shape index (κ1) is 14.9. The van der Waals surface area contributed by atoms with Crippen molar-refractivity contribution < 1.29 is 0 Å². The lowest BCUT2D eigenvalue weighted by molar-refractivity contribution is 0.274. The van der Waals surface area contributed by atoms with Crippen molar-refractivity contribution in [2.45, 2.75) is 54.4 Å². The molecule has 1 unspecified atom stereocenters. The van der Waals surface area contributed by atoms with Gasteiger partial charge in [-0.15, -0.1) is 0 Å². The topological polar surface area (TPSA) is 37.8 Å². The Kier molecular flexibility index (Phi) is 4.71. The molecule has 1 heterocycles. The van der Waals surface area contributed by atoms with Gasteiger partial charge in [0.05, 0.1) is 0 Å². The molecule has 0 radical (unpaired) electrons. The fourth-order valence-corrected chi connectivity index (χ4v) is 1.50. The molecule has 0 spiro atoms. The normalized spacial score (nSPS) is 13.8. The van der Waals surface area contributed by atoms with Crippen LogP contribution in [-0.2, 0) is 0 Å². The Morgan fingerprint density at radius 3 is 2.28 bits per heavy atom. The minimum atomic E-state index is 0.315. The first-order chi connectivity index (χ1) is 8.20. The molecular weight excluding hydrogens is 222 g/mol. The second kappa shape index (κ2) is 5.68. The second-order valence-corrected chi connectivity index (χ2v) is 6.56. The number of hydrogen-bond acceptors (Lipinski definition) is 3. The van der Waals surface area contributed by atoms with Crippen LogP contribution >= 0.6 is 0 Å². The highest BCUT2D eigenvalue weighted by atomic mass is 15.0. The molecule has 0 aliphatic rings. The molecule has 0 saturated heterocycles. The van der Waals surface area contributed by atoms with Gasteiger partial charge >= 0.3 is 0 Å². The van der Waals surface area contributed by atoms with Gasteiger partial charge in [-0.3, -0.25) is 0 Å². The SMILES string of the molecule is Cc1cc(NCC(C)C(C)(C)C)nc(C(C)C)n1. The average Bonchev–Trinajstić information content (AvgIpc) is 2.23. The van der Waals surface area contributed by atoms with Gasteiger partial charge in [0.1, 0.15) is 11.6 Å². The molecule has 3 heteroatoms. The lowest BCUT2D eigenvalue weighted by Crippen LogP contribution is -2.25. The molecule has 0 aliphatic heterocycles. The highest BCUT2D eigenvalue weighted by Gasteiger charge is 2.19. The maximum absolute atomic E-state index is 4.56. The molecule has 0 amide bonds. The van der Waals surface area contributed by atoms with Crippen LogP contribution in [0.4, 0.5) is 5.82 Å². The monoisotopic (exact) mass is 249 g/mol. The third-order valence-corrected chi connectivity index (χ3v) is 3.46. The van der Waals surface area contributed by atoms with E-state index in [1.165, 1.54) is 0 Å². The zero-order valence-corrected chi connectivity index (χ0v) is 12.8. The van der Waals surface area contributed by atoms with Crippen LogP contribution in [0.5, 0.6) is 0 Å². The molecule has 18 heavy (non-hydrogen) atoms. The van der Waals surface area contributed by atoms with Crippen LogP contribution in [0, 0.1) is 18.3 Å². The Balaban J connectivity index is 2.73. The van der Waals surface area contributed by atoms with E-state index >= 15 is 0 Å². The number of nitrogens with zero attached hydrogens (tertiary/aromatic N) is 2. The Labute approximate surface area is 111 Å². The molecule has 0 saturated carbocycles. The highest BCUT2D eigenvalue weighted by Crippen LogP contribution is 2.25. The van der Waals surface area contributed by atoms with E-state index in [9.17, 15) is 0 Å². The number of nitrogens with one attached hydrogen (secondary N) is 1. The second-order valence-electron chi connectivity index (χ2n) is 6.56. The quantitative estimate of drug-likeness (QED) is 0.876. The van der Waals surface area contributed by atoms with Crippen molar-refractivity contribution in [1.82, 2.24) is 9.97 Å². The summed E-state index contributed by atoms with van der Waals surface area (Å²) in [6.07, 6.45) is 0. The number of hydrogen-bond donors (Lipinski definition) is 1. The van der Waals surface area contributed by atoms with E-state index in [0.717, 1.165) is 23.9 Å². The van der Waals surface area contributed by atoms with Gasteiger partial charge in [0, 0.05) is 24.2 Å². The summed E-state index contributed by atoms with van der Waals surface area (Å²) in [5, 5.41) is 3.44. The largest absolute Gasteiger partial charge is 0.370 e. The van der Waals surface area contributed by atoms with E-state index in [1.807, 2.05) is 13.0 Å². The summed E-state index contributed by atoms with van der Waals surface area (Å²) in [6, 6.07) is 2.02. The summed E-state index contributed by atoms with van der Waals surface area (Å²) in [7, 11) is 0. The Bertz CT molecular complexity index is 391. The van der Waals surface area contributed by atoms with E-state index < -0.39 is 0 Å². The minimum Gasteiger partial charge on any atom is -0.370 e. The molecular formula is C15H27N3. The molecule has 1 aromatic heterocycles. The zero-order valence-electron chi connectivity index (χ0n) is 12.8. The van der Waals surface area contributed by atoms with Crippen molar-refractivity contribution in [3.8, 4) is 0 Å². The number of rotatable bonds is 4. The van der Waals surface area contributed by atoms with Gasteiger partial charge in [-0.25, -0.2) is 9.97 Å². The van der Waals surface area contributed by atoms with E-state index in [0.29, 0.717) is 17.3 Å². The van der Waals surface area contributed by atoms with E-state index in [-0.39, 0.29) is 0 Å². The fraction of sp³-hybridized carbons (Fsp3) is 0.733. The van der Waals surface area contributed by atoms with Gasteiger partial charge in [0.15, 0.2) is 0 Å². The summed E-state index contributed by atoms with van der Waals surface area (Å²) < 4.78 is 0. The molecule has 3 nitrogen and oxygen atoms in total. The first-order valence-corrected chi connectivity index (χ1v) is 6.79. The molecule has 0 bridgehead atoms. The predicted molar refractivity (Wildman–Crippen MR) is 78.0 cm³/mol. The van der Waals surface area contributed by atoms with Crippen LogP contribution in [0.25, 0.3) is 0 Å². The van der Waals surface area contributed by atoms with Crippen molar-refractivity contribution in [3.05, 3.63) is 17.6 Å². The van der Waals surface area contributed by atoms with Crippen molar-refractivity contribution in [1.29, 1.82) is 0 Å². The van der Waals surface area contributed by atoms with Gasteiger partial charge in [0.25, 0.3) is 0 Å². The van der Waals surface area contributed by atoms with Crippen LogP contribution in [0.1, 0.15) is 59.0 Å². The highest BCUT2D eigenvalue weighted by molar-refractivity contribution is 5.36. The van der Waals surface area contributed by atoms with Crippen molar-refractivity contribution in [3.63, 3.8) is 0 Å². The molecule has 0 aliphatic carbocycles. The maximum atomic E-state index is 4.56. The van der Waals surface area contributed by atoms with Gasteiger partial charge in [0.2, 0.25) is 0 Å². The average molecular weight is 249 g/mol. The Hall–Kier alpha value is -1.12. The number of aromatic nitrogens is 2. The Morgan fingerprint density at radius 2 is 1.78 bits per heavy atom. The van der Waals surface area contributed by atoms with Crippen LogP contribution in [0.15, 0.2) is 6.07 Å². The van der Waals surface area contributed by atoms with E-state index in [2.05, 4.69) is 56.8 Å². The summed E-state index contributed by atoms with van der Waals surface area (Å²) in [6.45, 7) is 16.3. The van der Waals surface area contributed by atoms with Crippen LogP contribution in [0.2, 0.25) is 0 Å². The van der Waals surface area contributed by atoms with E-state index in [1.54, 1.807) is 0 Å². The molecule has 1 N–H and O–H groups in total. The molecule has 1 atom stereocenters. The van der Waals surface area contributed by atoms with Crippen LogP contribution in [0.3, 0.4) is 0 Å². The maximum Gasteiger partial charge on any atom is 0.133 e. The Morgan fingerprint density at radius 1 is 1.17 bits per heavy atom. The van der Waals surface area contributed by atoms with Gasteiger partial charge in [-0.2, -0.15) is 0 Å². The lowest BCUT2D eigenvalue weighted by Gasteiger charge is -2.27. The summed E-state index contributed by atoms with van der Waals surface area (Å²) in [5.41, 5.74) is 1.34. The zero-order chi connectivity index (χ0) is 13.9. The van der Waals surface area contributed by atoms with Crippen LogP contribution < -0.4 is 5.32 Å². The summed E-state index contributed by atoms with van der Waals surface area (Å²) in [4.78, 5) is 9.02. The third kappa shape index (κ3) is 4.28. The molecule has 1 aromatic rings. The van der Waals surface area contributed by atoms with E-state index in [4.69, 9.17) is 0 Å². The summed E-state index contributed by atoms with van der Waals surface area (Å²) in [5.74, 6) is 2.82. The third-order valence-electron chi connectivity index (χ3n) is 3.46. The number of aryl methyl sites for hydroxylation is 1. The lowest BCUT2D eigenvalue weighted by atomic mass is 9.82. The molecule has 0 fully saturated rings. The summed E-state index contributed by atoms with van der Waals surface area (Å²) >= 11 is 0. The smallest absolute Gasteiger partial charge is 0.133 e. The van der Waals surface area contributed by atoms with Gasteiger partial charge < -0.3 is 5.32 Å².